The van der Waals surface area contributed by atoms with Gasteiger partial charge in [0.05, 0.1) is 23.0 Å². The van der Waals surface area contributed by atoms with Crippen molar-refractivity contribution in [1.29, 1.82) is 0 Å². The number of aromatic amines is 1. The molecule has 3 aliphatic rings. The number of hydrogen-bond donors (Lipinski definition) is 3. The van der Waals surface area contributed by atoms with E-state index >= 15 is 0 Å². The first-order chi connectivity index (χ1) is 15.9. The second kappa shape index (κ2) is 6.87. The fourth-order valence-corrected chi connectivity index (χ4v) is 5.16. The maximum atomic E-state index is 13.4. The minimum Gasteiger partial charge on any atom is -0.338 e. The first-order valence-electron chi connectivity index (χ1n) is 11.2. The second-order valence-electron chi connectivity index (χ2n) is 9.49. The molecule has 2 saturated carbocycles. The summed E-state index contributed by atoms with van der Waals surface area (Å²) in [6.07, 6.45) is 4.73. The number of carbonyl (C=O) groups excluding carboxylic acids is 3. The Morgan fingerprint density at radius 3 is 2.58 bits per heavy atom. The lowest BCUT2D eigenvalue weighted by atomic mass is 10.0. The van der Waals surface area contributed by atoms with E-state index in [0.717, 1.165) is 30.5 Å². The molecule has 0 unspecified atom stereocenters. The number of fused-ring (bicyclic) bond motifs is 3. The van der Waals surface area contributed by atoms with E-state index in [1.807, 2.05) is 35.8 Å². The Balaban J connectivity index is 1.31. The zero-order valence-corrected chi connectivity index (χ0v) is 18.4. The van der Waals surface area contributed by atoms with Gasteiger partial charge in [0.25, 0.3) is 17.6 Å². The largest absolute Gasteiger partial charge is 0.338 e. The molecule has 0 spiro atoms. The molecule has 2 aliphatic carbocycles. The van der Waals surface area contributed by atoms with E-state index < -0.39 is 17.2 Å². The normalized spacial score (nSPS) is 21.2. The smallest absolute Gasteiger partial charge is 0.293 e. The second-order valence-corrected chi connectivity index (χ2v) is 9.49. The lowest BCUT2D eigenvalue weighted by molar-refractivity contribution is -0.118. The number of aryl methyl sites for hydroxylation is 1. The number of carbonyl (C=O) groups is 3. The first-order valence-corrected chi connectivity index (χ1v) is 11.2. The average Bonchev–Trinajstić information content (AvgIpc) is 3.58. The zero-order chi connectivity index (χ0) is 22.9. The number of ketones is 1. The number of anilines is 1. The highest BCUT2D eigenvalue weighted by atomic mass is 16.2. The van der Waals surface area contributed by atoms with Gasteiger partial charge >= 0.3 is 0 Å². The van der Waals surface area contributed by atoms with Gasteiger partial charge in [-0.3, -0.25) is 19.5 Å². The molecule has 2 atom stereocenters. The molecule has 1 aromatic carbocycles. The number of Topliss-reactive ketones (excluding diaryl/α,β-unsaturated/α-hetero) is 1. The van der Waals surface area contributed by atoms with Crippen LogP contribution >= 0.6 is 0 Å². The highest BCUT2D eigenvalue weighted by Crippen LogP contribution is 2.54. The van der Waals surface area contributed by atoms with Gasteiger partial charge in [-0.1, -0.05) is 22.9 Å². The van der Waals surface area contributed by atoms with E-state index in [1.54, 1.807) is 13.1 Å². The zero-order valence-electron chi connectivity index (χ0n) is 18.4. The van der Waals surface area contributed by atoms with E-state index in [-0.39, 0.29) is 11.9 Å². The van der Waals surface area contributed by atoms with Crippen LogP contribution in [0.15, 0.2) is 30.5 Å². The predicted octanol–water partition coefficient (Wildman–Crippen LogP) is 2.58. The van der Waals surface area contributed by atoms with Crippen LogP contribution in [0.2, 0.25) is 0 Å². The highest BCUT2D eigenvalue weighted by Gasteiger charge is 2.52. The van der Waals surface area contributed by atoms with Gasteiger partial charge in [-0.25, -0.2) is 0 Å². The summed E-state index contributed by atoms with van der Waals surface area (Å²) in [5, 5.41) is 16.1. The molecule has 33 heavy (non-hydrogen) atoms. The number of hydrogen-bond acceptors (Lipinski definition) is 5. The third-order valence-electron chi connectivity index (χ3n) is 7.21. The number of H-pyrrole nitrogens is 1. The number of nitrogens with one attached hydrogen (secondary N) is 3. The standard InChI is InChI=1S/C24H24N6O3/c1-12-3-5-15(6-4-12)26-22(32)20-13(2)19(17-10-14-9-16(14)30(17)20)21(31)23(33)27-24(7-8-24)18-11-25-29-28-18/h3-6,11,14,16H,7-10H2,1-2H3,(H,26,32)(H,27,33)(H,25,28,29)/t14-,16-/m1/s1. The number of benzene rings is 1. The predicted molar refractivity (Wildman–Crippen MR) is 119 cm³/mol. The van der Waals surface area contributed by atoms with E-state index in [4.69, 9.17) is 0 Å². The van der Waals surface area contributed by atoms with Crippen LogP contribution in [0.4, 0.5) is 5.69 Å². The van der Waals surface area contributed by atoms with Crippen molar-refractivity contribution in [2.75, 3.05) is 5.32 Å². The van der Waals surface area contributed by atoms with Gasteiger partial charge in [-0.05, 0) is 63.1 Å². The molecule has 3 heterocycles. The Labute approximate surface area is 189 Å². The fraction of sp³-hybridized carbons (Fsp3) is 0.375. The number of rotatable bonds is 6. The molecule has 0 bridgehead atoms. The number of amides is 2. The van der Waals surface area contributed by atoms with Gasteiger partial charge in [-0.2, -0.15) is 0 Å². The summed E-state index contributed by atoms with van der Waals surface area (Å²) in [6.45, 7) is 3.75. The molecule has 2 fully saturated rings. The van der Waals surface area contributed by atoms with Crippen molar-refractivity contribution in [2.45, 2.75) is 51.1 Å². The lowest BCUT2D eigenvalue weighted by Crippen LogP contribution is -2.40. The summed E-state index contributed by atoms with van der Waals surface area (Å²) in [6, 6.07) is 7.81. The molecule has 9 nitrogen and oxygen atoms in total. The van der Waals surface area contributed by atoms with Crippen LogP contribution in [0, 0.1) is 19.8 Å². The molecule has 168 valence electrons. The van der Waals surface area contributed by atoms with E-state index in [0.29, 0.717) is 40.5 Å². The van der Waals surface area contributed by atoms with Crippen molar-refractivity contribution < 1.29 is 14.4 Å². The van der Waals surface area contributed by atoms with Crippen LogP contribution in [0.25, 0.3) is 0 Å². The quantitative estimate of drug-likeness (QED) is 0.399. The first kappa shape index (κ1) is 19.9. The molecule has 2 amide bonds. The molecule has 6 rings (SSSR count). The topological polar surface area (TPSA) is 122 Å². The minimum absolute atomic E-state index is 0.230. The maximum Gasteiger partial charge on any atom is 0.293 e. The minimum atomic E-state index is -0.662. The van der Waals surface area contributed by atoms with Gasteiger partial charge in [-0.15, -0.1) is 5.10 Å². The molecule has 0 radical (unpaired) electrons. The van der Waals surface area contributed by atoms with Crippen molar-refractivity contribution in [2.24, 2.45) is 5.92 Å². The Morgan fingerprint density at radius 1 is 1.15 bits per heavy atom. The van der Waals surface area contributed by atoms with Gasteiger partial charge in [0, 0.05) is 17.4 Å². The van der Waals surface area contributed by atoms with Crippen LogP contribution in [-0.2, 0) is 16.8 Å². The van der Waals surface area contributed by atoms with E-state index in [9.17, 15) is 14.4 Å². The molecule has 9 heteroatoms. The van der Waals surface area contributed by atoms with Crippen molar-refractivity contribution in [3.63, 3.8) is 0 Å². The third kappa shape index (κ3) is 3.10. The Morgan fingerprint density at radius 2 is 1.91 bits per heavy atom. The van der Waals surface area contributed by atoms with Gasteiger partial charge in [0.2, 0.25) is 0 Å². The van der Waals surface area contributed by atoms with Crippen LogP contribution in [-0.4, -0.2) is 37.6 Å². The van der Waals surface area contributed by atoms with Crippen molar-refractivity contribution in [3.05, 3.63) is 64.2 Å². The van der Waals surface area contributed by atoms with Gasteiger partial charge in [0.1, 0.15) is 5.69 Å². The number of aromatic nitrogens is 4. The summed E-state index contributed by atoms with van der Waals surface area (Å²) in [4.78, 5) is 39.7. The summed E-state index contributed by atoms with van der Waals surface area (Å²) >= 11 is 0. The van der Waals surface area contributed by atoms with E-state index in [2.05, 4.69) is 26.0 Å². The summed E-state index contributed by atoms with van der Waals surface area (Å²) in [5.74, 6) is -1.07. The van der Waals surface area contributed by atoms with Crippen molar-refractivity contribution >= 4 is 23.3 Å². The Bertz CT molecular complexity index is 1300. The molecule has 2 aromatic heterocycles. The lowest BCUT2D eigenvalue weighted by Gasteiger charge is -2.14. The van der Waals surface area contributed by atoms with Gasteiger partial charge in [0.15, 0.2) is 0 Å². The van der Waals surface area contributed by atoms with Crippen LogP contribution in [0.1, 0.15) is 68.7 Å². The molecular formula is C24H24N6O3. The summed E-state index contributed by atoms with van der Waals surface area (Å²) in [5.41, 5.74) is 4.09. The van der Waals surface area contributed by atoms with Crippen molar-refractivity contribution in [1.82, 2.24) is 25.3 Å². The third-order valence-corrected chi connectivity index (χ3v) is 7.21. The Hall–Kier alpha value is -3.75. The van der Waals surface area contributed by atoms with Crippen LogP contribution < -0.4 is 10.6 Å². The average molecular weight is 444 g/mol. The summed E-state index contributed by atoms with van der Waals surface area (Å²) < 4.78 is 2.00. The fourth-order valence-electron chi connectivity index (χ4n) is 5.16. The molecule has 0 saturated heterocycles. The Kier molecular flexibility index (Phi) is 4.14. The molecule has 3 aromatic rings. The van der Waals surface area contributed by atoms with Crippen LogP contribution in [0.5, 0.6) is 0 Å². The maximum absolute atomic E-state index is 13.4. The number of nitrogens with zero attached hydrogens (tertiary/aromatic N) is 3. The molecular weight excluding hydrogens is 420 g/mol. The summed E-state index contributed by atoms with van der Waals surface area (Å²) in [7, 11) is 0. The SMILES string of the molecule is Cc1ccc(NC(=O)c2c(C)c(C(=O)C(=O)NC3(c4cnn[nH]4)CC3)c3n2[C@@H]2C[C@@H]2C3)cc1. The highest BCUT2D eigenvalue weighted by molar-refractivity contribution is 6.44. The van der Waals surface area contributed by atoms with E-state index in [1.165, 1.54) is 0 Å². The van der Waals surface area contributed by atoms with Gasteiger partial charge < -0.3 is 15.2 Å². The molecule has 1 aliphatic heterocycles. The monoisotopic (exact) mass is 444 g/mol. The van der Waals surface area contributed by atoms with Crippen LogP contribution in [0.3, 0.4) is 0 Å². The molecule has 3 N–H and O–H groups in total. The van der Waals surface area contributed by atoms with Crippen molar-refractivity contribution in [3.8, 4) is 0 Å².